The molecule has 0 aliphatic heterocycles. The molecule has 164 valence electrons. The van der Waals surface area contributed by atoms with Gasteiger partial charge in [-0.05, 0) is 60.9 Å². The predicted octanol–water partition coefficient (Wildman–Crippen LogP) is 6.81. The topological polar surface area (TPSA) is 58.2 Å². The van der Waals surface area contributed by atoms with Gasteiger partial charge in [0.25, 0.3) is 0 Å². The molecule has 4 nitrogen and oxygen atoms in total. The monoisotopic (exact) mass is 464 g/mol. The number of anilines is 2. The number of halogens is 1. The highest BCUT2D eigenvalue weighted by Crippen LogP contribution is 2.29. The van der Waals surface area contributed by atoms with E-state index in [4.69, 9.17) is 11.6 Å². The summed E-state index contributed by atoms with van der Waals surface area (Å²) in [6.07, 6.45) is 3.93. The maximum atomic E-state index is 12.8. The SMILES string of the molecule is CCC(Sc1cccc(NC(=O)/C=C/c2ccccc2)c1)C(=O)Nc1ccc(C)c(Cl)c1. The second kappa shape index (κ2) is 11.6. The summed E-state index contributed by atoms with van der Waals surface area (Å²) < 4.78 is 0. The molecular weight excluding hydrogens is 440 g/mol. The molecule has 0 heterocycles. The summed E-state index contributed by atoms with van der Waals surface area (Å²) in [6.45, 7) is 3.89. The first kappa shape index (κ1) is 23.6. The number of rotatable bonds is 8. The van der Waals surface area contributed by atoms with Gasteiger partial charge in [-0.1, -0.05) is 61.0 Å². The van der Waals surface area contributed by atoms with Crippen LogP contribution in [0.5, 0.6) is 0 Å². The van der Waals surface area contributed by atoms with Crippen molar-refractivity contribution in [1.82, 2.24) is 0 Å². The summed E-state index contributed by atoms with van der Waals surface area (Å²) in [7, 11) is 0. The van der Waals surface area contributed by atoms with E-state index in [0.717, 1.165) is 16.0 Å². The normalized spacial score (nSPS) is 11.8. The van der Waals surface area contributed by atoms with E-state index >= 15 is 0 Å². The van der Waals surface area contributed by atoms with Crippen molar-refractivity contribution < 1.29 is 9.59 Å². The Morgan fingerprint density at radius 2 is 1.72 bits per heavy atom. The van der Waals surface area contributed by atoms with Crippen molar-refractivity contribution in [3.8, 4) is 0 Å². The van der Waals surface area contributed by atoms with E-state index in [0.29, 0.717) is 22.8 Å². The van der Waals surface area contributed by atoms with Crippen molar-refractivity contribution in [2.75, 3.05) is 10.6 Å². The zero-order valence-corrected chi connectivity index (χ0v) is 19.5. The molecule has 3 aromatic carbocycles. The standard InChI is InChI=1S/C26H25ClN2O2S/c1-3-24(26(31)29-21-14-12-18(2)23(27)17-21)32-22-11-7-10-20(16-22)28-25(30)15-13-19-8-5-4-6-9-19/h4-17,24H,3H2,1-2H3,(H,28,30)(H,29,31)/b15-13+. The second-order valence-electron chi connectivity index (χ2n) is 7.23. The lowest BCUT2D eigenvalue weighted by atomic mass is 10.2. The zero-order valence-electron chi connectivity index (χ0n) is 18.0. The van der Waals surface area contributed by atoms with Crippen molar-refractivity contribution in [3.05, 3.63) is 95.0 Å². The Hall–Kier alpha value is -3.02. The lowest BCUT2D eigenvalue weighted by Gasteiger charge is -2.16. The Balaban J connectivity index is 1.61. The van der Waals surface area contributed by atoms with Crippen molar-refractivity contribution in [1.29, 1.82) is 0 Å². The van der Waals surface area contributed by atoms with E-state index in [1.807, 2.05) is 80.6 Å². The third-order valence-corrected chi connectivity index (χ3v) is 6.47. The molecule has 0 radical (unpaired) electrons. The lowest BCUT2D eigenvalue weighted by molar-refractivity contribution is -0.115. The van der Waals surface area contributed by atoms with Crippen molar-refractivity contribution in [3.63, 3.8) is 0 Å². The van der Waals surface area contributed by atoms with Crippen LogP contribution in [-0.2, 0) is 9.59 Å². The molecule has 3 aromatic rings. The number of nitrogens with one attached hydrogen (secondary N) is 2. The molecular formula is C26H25ClN2O2S. The third kappa shape index (κ3) is 7.01. The molecule has 0 bridgehead atoms. The van der Waals surface area contributed by atoms with Crippen LogP contribution < -0.4 is 10.6 Å². The average molecular weight is 465 g/mol. The van der Waals surface area contributed by atoms with Crippen LogP contribution in [-0.4, -0.2) is 17.1 Å². The summed E-state index contributed by atoms with van der Waals surface area (Å²) in [5.74, 6) is -0.297. The Kier molecular flexibility index (Phi) is 8.54. The van der Waals surface area contributed by atoms with E-state index in [1.54, 1.807) is 12.1 Å². The van der Waals surface area contributed by atoms with Crippen LogP contribution in [0.15, 0.2) is 83.8 Å². The first-order valence-corrected chi connectivity index (χ1v) is 11.6. The first-order chi connectivity index (χ1) is 15.4. The molecule has 0 spiro atoms. The molecule has 3 rings (SSSR count). The third-order valence-electron chi connectivity index (χ3n) is 4.71. The van der Waals surface area contributed by atoms with Crippen LogP contribution in [0.3, 0.4) is 0 Å². The fourth-order valence-electron chi connectivity index (χ4n) is 2.95. The van der Waals surface area contributed by atoms with E-state index in [2.05, 4.69) is 10.6 Å². The van der Waals surface area contributed by atoms with Gasteiger partial charge in [0.15, 0.2) is 0 Å². The van der Waals surface area contributed by atoms with E-state index in [9.17, 15) is 9.59 Å². The maximum Gasteiger partial charge on any atom is 0.248 e. The van der Waals surface area contributed by atoms with Crippen molar-refractivity contribution >= 4 is 52.6 Å². The molecule has 2 amide bonds. The quantitative estimate of drug-likeness (QED) is 0.284. The number of aryl methyl sites for hydroxylation is 1. The fourth-order valence-corrected chi connectivity index (χ4v) is 4.14. The van der Waals surface area contributed by atoms with Gasteiger partial charge in [-0.2, -0.15) is 0 Å². The summed E-state index contributed by atoms with van der Waals surface area (Å²) in [6, 6.07) is 22.6. The van der Waals surface area contributed by atoms with E-state index < -0.39 is 0 Å². The minimum atomic E-state index is -0.279. The van der Waals surface area contributed by atoms with Gasteiger partial charge in [-0.15, -0.1) is 11.8 Å². The summed E-state index contributed by atoms with van der Waals surface area (Å²) in [4.78, 5) is 25.9. The fraction of sp³-hybridized carbons (Fsp3) is 0.154. The predicted molar refractivity (Wildman–Crippen MR) is 135 cm³/mol. The van der Waals surface area contributed by atoms with Crippen molar-refractivity contribution in [2.24, 2.45) is 0 Å². The van der Waals surface area contributed by atoms with E-state index in [1.165, 1.54) is 17.8 Å². The molecule has 32 heavy (non-hydrogen) atoms. The number of carbonyl (C=O) groups excluding carboxylic acids is 2. The van der Waals surface area contributed by atoms with Gasteiger partial charge in [0.05, 0.1) is 5.25 Å². The summed E-state index contributed by atoms with van der Waals surface area (Å²) in [5.41, 5.74) is 3.27. The molecule has 0 saturated heterocycles. The highest BCUT2D eigenvalue weighted by Gasteiger charge is 2.18. The Labute approximate surface area is 198 Å². The van der Waals surface area contributed by atoms with Gasteiger partial charge in [-0.3, -0.25) is 9.59 Å². The number of carbonyl (C=O) groups is 2. The van der Waals surface area contributed by atoms with Crippen LogP contribution >= 0.6 is 23.4 Å². The number of benzene rings is 3. The van der Waals surface area contributed by atoms with E-state index in [-0.39, 0.29) is 17.1 Å². The molecule has 0 aromatic heterocycles. The zero-order chi connectivity index (χ0) is 22.9. The summed E-state index contributed by atoms with van der Waals surface area (Å²) >= 11 is 7.62. The largest absolute Gasteiger partial charge is 0.325 e. The smallest absolute Gasteiger partial charge is 0.248 e. The number of amides is 2. The minimum Gasteiger partial charge on any atom is -0.325 e. The van der Waals surface area contributed by atoms with Gasteiger partial charge in [-0.25, -0.2) is 0 Å². The molecule has 0 aliphatic carbocycles. The van der Waals surface area contributed by atoms with Gasteiger partial charge in [0.1, 0.15) is 0 Å². The molecule has 1 unspecified atom stereocenters. The maximum absolute atomic E-state index is 12.8. The van der Waals surface area contributed by atoms with Crippen LogP contribution in [0.1, 0.15) is 24.5 Å². The molecule has 0 saturated carbocycles. The second-order valence-corrected chi connectivity index (χ2v) is 8.91. The van der Waals surface area contributed by atoms with Crippen LogP contribution in [0.2, 0.25) is 5.02 Å². The molecule has 0 aliphatic rings. The number of hydrogen-bond acceptors (Lipinski definition) is 3. The molecule has 2 N–H and O–H groups in total. The Bertz CT molecular complexity index is 1120. The number of hydrogen-bond donors (Lipinski definition) is 2. The Morgan fingerprint density at radius 3 is 2.44 bits per heavy atom. The summed E-state index contributed by atoms with van der Waals surface area (Å²) in [5, 5.41) is 6.15. The Morgan fingerprint density at radius 1 is 0.969 bits per heavy atom. The van der Waals surface area contributed by atoms with Crippen LogP contribution in [0, 0.1) is 6.92 Å². The van der Waals surface area contributed by atoms with Crippen molar-refractivity contribution in [2.45, 2.75) is 30.4 Å². The number of thioether (sulfide) groups is 1. The van der Waals surface area contributed by atoms with Gasteiger partial charge in [0.2, 0.25) is 11.8 Å². The van der Waals surface area contributed by atoms with Crippen LogP contribution in [0.4, 0.5) is 11.4 Å². The van der Waals surface area contributed by atoms with Gasteiger partial charge >= 0.3 is 0 Å². The van der Waals surface area contributed by atoms with Gasteiger partial charge < -0.3 is 10.6 Å². The first-order valence-electron chi connectivity index (χ1n) is 10.3. The molecule has 6 heteroatoms. The average Bonchev–Trinajstić information content (AvgIpc) is 2.79. The van der Waals surface area contributed by atoms with Crippen LogP contribution in [0.25, 0.3) is 6.08 Å². The van der Waals surface area contributed by atoms with Gasteiger partial charge in [0, 0.05) is 27.4 Å². The molecule has 1 atom stereocenters. The highest BCUT2D eigenvalue weighted by atomic mass is 35.5. The highest BCUT2D eigenvalue weighted by molar-refractivity contribution is 8.00. The lowest BCUT2D eigenvalue weighted by Crippen LogP contribution is -2.24. The minimum absolute atomic E-state index is 0.0855. The molecule has 0 fully saturated rings.